The Morgan fingerprint density at radius 2 is 1.80 bits per heavy atom. The van der Waals surface area contributed by atoms with Crippen LogP contribution in [0.3, 0.4) is 0 Å². The summed E-state index contributed by atoms with van der Waals surface area (Å²) in [7, 11) is -2.26. The molecule has 1 saturated heterocycles. The molecule has 2 atom stereocenters. The lowest BCUT2D eigenvalue weighted by atomic mass is 9.92. The molecule has 1 aliphatic rings. The van der Waals surface area contributed by atoms with E-state index in [2.05, 4.69) is 28.2 Å². The first-order chi connectivity index (χ1) is 11.8. The van der Waals surface area contributed by atoms with Gasteiger partial charge in [-0.15, -0.1) is 0 Å². The third-order valence-electron chi connectivity index (χ3n) is 4.47. The molecule has 0 bridgehead atoms. The number of nitrogens with zero attached hydrogens (tertiary/aromatic N) is 1. The molecule has 0 saturated carbocycles. The highest BCUT2D eigenvalue weighted by Crippen LogP contribution is 2.20. The van der Waals surface area contributed by atoms with Gasteiger partial charge in [0.15, 0.2) is 0 Å². The number of nitrogens with one attached hydrogen (secondary N) is 1. The summed E-state index contributed by atoms with van der Waals surface area (Å²) in [6, 6.07) is 5.75. The summed E-state index contributed by atoms with van der Waals surface area (Å²) in [5, 5.41) is 0. The molecule has 0 amide bonds. The molecule has 25 heavy (non-hydrogen) atoms. The van der Waals surface area contributed by atoms with Gasteiger partial charge >= 0.3 is 5.97 Å². The SMILES string of the molecule is COC(=O)c1ccc(S(=O)(=O)NCCCN2CC(C)CC(C)C2)cc1. The van der Waals surface area contributed by atoms with Crippen LogP contribution >= 0.6 is 0 Å². The minimum absolute atomic E-state index is 0.153. The van der Waals surface area contributed by atoms with Crippen LogP contribution in [-0.4, -0.2) is 52.6 Å². The number of piperidine rings is 1. The van der Waals surface area contributed by atoms with Crippen LogP contribution in [0.25, 0.3) is 0 Å². The quantitative estimate of drug-likeness (QED) is 0.589. The average Bonchev–Trinajstić information content (AvgIpc) is 2.57. The van der Waals surface area contributed by atoms with Crippen LogP contribution in [-0.2, 0) is 14.8 Å². The van der Waals surface area contributed by atoms with Crippen molar-refractivity contribution in [2.45, 2.75) is 31.6 Å². The Bertz CT molecular complexity index is 663. The molecule has 0 aliphatic carbocycles. The number of methoxy groups -OCH3 is 1. The molecule has 140 valence electrons. The fourth-order valence-electron chi connectivity index (χ4n) is 3.46. The first-order valence-electron chi connectivity index (χ1n) is 8.72. The average molecular weight is 368 g/mol. The largest absolute Gasteiger partial charge is 0.465 e. The molecule has 7 heteroatoms. The lowest BCUT2D eigenvalue weighted by molar-refractivity contribution is 0.0600. The summed E-state index contributed by atoms with van der Waals surface area (Å²) >= 11 is 0. The molecule has 0 aromatic heterocycles. The molecule has 6 nitrogen and oxygen atoms in total. The van der Waals surface area contributed by atoms with Gasteiger partial charge in [-0.25, -0.2) is 17.9 Å². The Morgan fingerprint density at radius 3 is 2.36 bits per heavy atom. The molecule has 1 aromatic rings. The Balaban J connectivity index is 1.82. The van der Waals surface area contributed by atoms with E-state index in [-0.39, 0.29) is 4.90 Å². The van der Waals surface area contributed by atoms with Gasteiger partial charge in [0.05, 0.1) is 17.6 Å². The van der Waals surface area contributed by atoms with Crippen LogP contribution in [0, 0.1) is 11.8 Å². The summed E-state index contributed by atoms with van der Waals surface area (Å²) in [6.07, 6.45) is 2.05. The van der Waals surface area contributed by atoms with Crippen LogP contribution in [0.5, 0.6) is 0 Å². The van der Waals surface area contributed by atoms with E-state index < -0.39 is 16.0 Å². The topological polar surface area (TPSA) is 75.7 Å². The molecule has 2 unspecified atom stereocenters. The summed E-state index contributed by atoms with van der Waals surface area (Å²) in [6.45, 7) is 8.02. The van der Waals surface area contributed by atoms with Crippen LogP contribution < -0.4 is 4.72 Å². The molecule has 1 N–H and O–H groups in total. The third-order valence-corrected chi connectivity index (χ3v) is 5.95. The van der Waals surface area contributed by atoms with Crippen molar-refractivity contribution in [3.8, 4) is 0 Å². The van der Waals surface area contributed by atoms with Crippen molar-refractivity contribution in [2.24, 2.45) is 11.8 Å². The van der Waals surface area contributed by atoms with Gasteiger partial charge < -0.3 is 9.64 Å². The molecule has 0 spiro atoms. The maximum atomic E-state index is 12.3. The summed E-state index contributed by atoms with van der Waals surface area (Å²) in [5.41, 5.74) is 0.329. The molecule has 1 heterocycles. The molecule has 2 rings (SSSR count). The van der Waals surface area contributed by atoms with Crippen LogP contribution in [0.15, 0.2) is 29.2 Å². The molecule has 1 aromatic carbocycles. The zero-order valence-electron chi connectivity index (χ0n) is 15.2. The van der Waals surface area contributed by atoms with E-state index in [4.69, 9.17) is 0 Å². The van der Waals surface area contributed by atoms with Gasteiger partial charge in [0.1, 0.15) is 0 Å². The lowest BCUT2D eigenvalue weighted by Gasteiger charge is -2.34. The zero-order chi connectivity index (χ0) is 18.4. The highest BCUT2D eigenvalue weighted by molar-refractivity contribution is 7.89. The standard InChI is InChI=1S/C18H28N2O4S/c1-14-11-15(2)13-20(12-14)10-4-9-19-25(22,23)17-7-5-16(6-8-17)18(21)24-3/h5-8,14-15,19H,4,9-13H2,1-3H3. The minimum Gasteiger partial charge on any atom is -0.465 e. The molecular weight excluding hydrogens is 340 g/mol. The second kappa shape index (κ2) is 8.78. The van der Waals surface area contributed by atoms with Crippen molar-refractivity contribution in [3.05, 3.63) is 29.8 Å². The molecule has 1 aliphatic heterocycles. The van der Waals surface area contributed by atoms with Crippen molar-refractivity contribution in [2.75, 3.05) is 33.3 Å². The Kier molecular flexibility index (Phi) is 6.98. The van der Waals surface area contributed by atoms with Crippen LogP contribution in [0.2, 0.25) is 0 Å². The lowest BCUT2D eigenvalue weighted by Crippen LogP contribution is -2.40. The number of ether oxygens (including phenoxy) is 1. The van der Waals surface area contributed by atoms with E-state index in [0.29, 0.717) is 23.9 Å². The maximum absolute atomic E-state index is 12.3. The number of sulfonamides is 1. The minimum atomic E-state index is -3.55. The second-order valence-corrected chi connectivity index (χ2v) is 8.74. The molecule has 0 radical (unpaired) electrons. The highest BCUT2D eigenvalue weighted by Gasteiger charge is 2.21. The Hall–Kier alpha value is -1.44. The van der Waals surface area contributed by atoms with E-state index in [1.54, 1.807) is 0 Å². The summed E-state index contributed by atoms with van der Waals surface area (Å²) < 4.78 is 31.8. The third kappa shape index (κ3) is 5.80. The summed E-state index contributed by atoms with van der Waals surface area (Å²) in [5.74, 6) is 0.921. The van der Waals surface area contributed by atoms with E-state index >= 15 is 0 Å². The monoisotopic (exact) mass is 368 g/mol. The fourth-order valence-corrected chi connectivity index (χ4v) is 4.53. The van der Waals surface area contributed by atoms with Gasteiger partial charge in [-0.2, -0.15) is 0 Å². The van der Waals surface area contributed by atoms with Gasteiger partial charge in [-0.05, 0) is 55.5 Å². The second-order valence-electron chi connectivity index (χ2n) is 6.97. The van der Waals surface area contributed by atoms with Gasteiger partial charge in [0.25, 0.3) is 0 Å². The van der Waals surface area contributed by atoms with Crippen molar-refractivity contribution < 1.29 is 17.9 Å². The van der Waals surface area contributed by atoms with Crippen molar-refractivity contribution >= 4 is 16.0 Å². The normalized spacial score (nSPS) is 21.9. The highest BCUT2D eigenvalue weighted by atomic mass is 32.2. The predicted octanol–water partition coefficient (Wildman–Crippen LogP) is 2.12. The van der Waals surface area contributed by atoms with Gasteiger partial charge in [-0.1, -0.05) is 13.8 Å². The van der Waals surface area contributed by atoms with E-state index in [1.807, 2.05) is 0 Å². The van der Waals surface area contributed by atoms with Gasteiger partial charge in [-0.3, -0.25) is 0 Å². The fraction of sp³-hybridized carbons (Fsp3) is 0.611. The number of carbonyl (C=O) groups excluding carboxylic acids is 1. The Labute approximate surface area is 150 Å². The number of hydrogen-bond acceptors (Lipinski definition) is 5. The number of hydrogen-bond donors (Lipinski definition) is 1. The van der Waals surface area contributed by atoms with E-state index in [1.165, 1.54) is 37.8 Å². The number of benzene rings is 1. The first-order valence-corrected chi connectivity index (χ1v) is 10.2. The van der Waals surface area contributed by atoms with Gasteiger partial charge in [0, 0.05) is 19.6 Å². The van der Waals surface area contributed by atoms with E-state index in [0.717, 1.165) is 26.1 Å². The number of rotatable bonds is 7. The number of carbonyl (C=O) groups is 1. The van der Waals surface area contributed by atoms with Crippen molar-refractivity contribution in [1.29, 1.82) is 0 Å². The van der Waals surface area contributed by atoms with Crippen molar-refractivity contribution in [3.63, 3.8) is 0 Å². The molecule has 1 fully saturated rings. The number of esters is 1. The smallest absolute Gasteiger partial charge is 0.337 e. The summed E-state index contributed by atoms with van der Waals surface area (Å²) in [4.78, 5) is 14.0. The number of likely N-dealkylation sites (tertiary alicyclic amines) is 1. The Morgan fingerprint density at radius 1 is 1.20 bits per heavy atom. The van der Waals surface area contributed by atoms with E-state index in [9.17, 15) is 13.2 Å². The zero-order valence-corrected chi connectivity index (χ0v) is 16.0. The van der Waals surface area contributed by atoms with Crippen LogP contribution in [0.1, 0.15) is 37.0 Å². The maximum Gasteiger partial charge on any atom is 0.337 e. The van der Waals surface area contributed by atoms with Crippen LogP contribution in [0.4, 0.5) is 0 Å². The molecular formula is C18H28N2O4S. The van der Waals surface area contributed by atoms with Gasteiger partial charge in [0.2, 0.25) is 10.0 Å². The predicted molar refractivity (Wildman–Crippen MR) is 97.0 cm³/mol. The first kappa shape index (κ1) is 19.9. The van der Waals surface area contributed by atoms with Crippen molar-refractivity contribution in [1.82, 2.24) is 9.62 Å².